The van der Waals surface area contributed by atoms with Crippen LogP contribution in [0.4, 0.5) is 4.79 Å². The number of hydrogen-bond donors (Lipinski definition) is 3. The van der Waals surface area contributed by atoms with Gasteiger partial charge in [0.2, 0.25) is 0 Å². The van der Waals surface area contributed by atoms with Gasteiger partial charge in [-0.3, -0.25) is 9.59 Å². The highest BCUT2D eigenvalue weighted by Gasteiger charge is 2.24. The highest BCUT2D eigenvalue weighted by atomic mass is 16.5. The molecule has 8 heteroatoms. The van der Waals surface area contributed by atoms with Crippen molar-refractivity contribution in [1.82, 2.24) is 10.6 Å². The van der Waals surface area contributed by atoms with Crippen molar-refractivity contribution in [3.63, 3.8) is 0 Å². The van der Waals surface area contributed by atoms with E-state index in [1.54, 1.807) is 24.3 Å². The van der Waals surface area contributed by atoms with E-state index in [1.165, 1.54) is 6.92 Å². The van der Waals surface area contributed by atoms with Crippen LogP contribution in [0.3, 0.4) is 0 Å². The van der Waals surface area contributed by atoms with Crippen LogP contribution in [-0.2, 0) is 32.0 Å². The van der Waals surface area contributed by atoms with Crippen LogP contribution < -0.4 is 16.4 Å². The fourth-order valence-electron chi connectivity index (χ4n) is 2.83. The number of nitrogens with two attached hydrogens (primary N) is 1. The zero-order chi connectivity index (χ0) is 21.9. The van der Waals surface area contributed by atoms with Gasteiger partial charge in [-0.1, -0.05) is 60.7 Å². The number of urea groups is 1. The number of ketones is 1. The number of carbonyl (C=O) groups excluding carboxylic acids is 4. The first-order chi connectivity index (χ1) is 14.3. The van der Waals surface area contributed by atoms with E-state index >= 15 is 0 Å². The molecule has 0 bridgehead atoms. The van der Waals surface area contributed by atoms with Crippen molar-refractivity contribution in [3.05, 3.63) is 71.8 Å². The van der Waals surface area contributed by atoms with E-state index in [1.807, 2.05) is 36.4 Å². The molecule has 0 aliphatic heterocycles. The van der Waals surface area contributed by atoms with Crippen LogP contribution in [0.15, 0.2) is 60.7 Å². The zero-order valence-electron chi connectivity index (χ0n) is 16.7. The molecule has 4 N–H and O–H groups in total. The van der Waals surface area contributed by atoms with Gasteiger partial charge >= 0.3 is 12.0 Å². The van der Waals surface area contributed by atoms with Crippen molar-refractivity contribution in [3.8, 4) is 0 Å². The molecule has 0 heterocycles. The summed E-state index contributed by atoms with van der Waals surface area (Å²) in [6.07, 6.45) is 0.490. The van der Waals surface area contributed by atoms with E-state index in [4.69, 9.17) is 10.5 Å². The van der Waals surface area contributed by atoms with E-state index in [0.29, 0.717) is 6.42 Å². The molecule has 2 aromatic rings. The Hall–Kier alpha value is -3.68. The molecule has 2 atom stereocenters. The number of ether oxygens (including phenoxy) is 1. The van der Waals surface area contributed by atoms with E-state index < -0.39 is 36.6 Å². The lowest BCUT2D eigenvalue weighted by atomic mass is 10.0. The van der Waals surface area contributed by atoms with Gasteiger partial charge in [0.15, 0.2) is 12.4 Å². The summed E-state index contributed by atoms with van der Waals surface area (Å²) in [5, 5.41) is 4.89. The Morgan fingerprint density at radius 3 is 1.80 bits per heavy atom. The molecule has 0 radical (unpaired) electrons. The quantitative estimate of drug-likeness (QED) is 0.505. The smallest absolute Gasteiger partial charge is 0.329 e. The SMILES string of the molecule is CC(=O)[C@@H](Cc1ccccc1)NC(=O)COC(=O)[C@H](Cc1ccccc1)NC(N)=O. The van der Waals surface area contributed by atoms with Crippen molar-refractivity contribution in [2.24, 2.45) is 5.73 Å². The minimum atomic E-state index is -1.04. The third kappa shape index (κ3) is 7.75. The van der Waals surface area contributed by atoms with E-state index in [2.05, 4.69) is 10.6 Å². The third-order valence-electron chi connectivity index (χ3n) is 4.34. The molecule has 8 nitrogen and oxygen atoms in total. The van der Waals surface area contributed by atoms with Crippen LogP contribution in [0.5, 0.6) is 0 Å². The van der Waals surface area contributed by atoms with Gasteiger partial charge in [-0.25, -0.2) is 9.59 Å². The minimum Gasteiger partial charge on any atom is -0.454 e. The standard InChI is InChI=1S/C22H25N3O5/c1-15(26)18(12-16-8-4-2-5-9-16)24-20(27)14-30-21(28)19(25-22(23)29)13-17-10-6-3-7-11-17/h2-11,18-19H,12-14H2,1H3,(H,24,27)(H3,23,25,29)/t18-,19+/m1/s1. The lowest BCUT2D eigenvalue weighted by Crippen LogP contribution is -2.47. The van der Waals surface area contributed by atoms with Crippen molar-refractivity contribution in [1.29, 1.82) is 0 Å². The Labute approximate surface area is 174 Å². The van der Waals surface area contributed by atoms with Crippen LogP contribution in [0, 0.1) is 0 Å². The van der Waals surface area contributed by atoms with Crippen LogP contribution in [-0.4, -0.2) is 42.4 Å². The monoisotopic (exact) mass is 411 g/mol. The van der Waals surface area contributed by atoms with Gasteiger partial charge in [-0.05, 0) is 24.5 Å². The summed E-state index contributed by atoms with van der Waals surface area (Å²) in [5.41, 5.74) is 6.82. The molecule has 0 aliphatic carbocycles. The summed E-state index contributed by atoms with van der Waals surface area (Å²) < 4.78 is 5.04. The number of amides is 3. The molecule has 0 aromatic heterocycles. The summed E-state index contributed by atoms with van der Waals surface area (Å²) in [6.45, 7) is 0.801. The number of Topliss-reactive ketones (excluding diaryl/α,β-unsaturated/α-hetero) is 1. The highest BCUT2D eigenvalue weighted by Crippen LogP contribution is 2.06. The first kappa shape index (κ1) is 22.6. The lowest BCUT2D eigenvalue weighted by molar-refractivity contribution is -0.150. The second-order valence-electron chi connectivity index (χ2n) is 6.78. The van der Waals surface area contributed by atoms with Gasteiger partial charge in [-0.15, -0.1) is 0 Å². The van der Waals surface area contributed by atoms with Gasteiger partial charge in [0, 0.05) is 6.42 Å². The number of rotatable bonds is 10. The minimum absolute atomic E-state index is 0.161. The van der Waals surface area contributed by atoms with Crippen molar-refractivity contribution in [2.75, 3.05) is 6.61 Å². The second kappa shape index (κ2) is 11.4. The van der Waals surface area contributed by atoms with Crippen LogP contribution in [0.25, 0.3) is 0 Å². The Bertz CT molecular complexity index is 871. The molecule has 2 aromatic carbocycles. The largest absolute Gasteiger partial charge is 0.454 e. The Kier molecular flexibility index (Phi) is 8.56. The van der Waals surface area contributed by atoms with E-state index in [9.17, 15) is 19.2 Å². The summed E-state index contributed by atoms with van der Waals surface area (Å²) in [4.78, 5) is 47.7. The molecular weight excluding hydrogens is 386 g/mol. The molecule has 158 valence electrons. The highest BCUT2D eigenvalue weighted by molar-refractivity contribution is 5.89. The van der Waals surface area contributed by atoms with Crippen LogP contribution in [0.1, 0.15) is 18.1 Å². The lowest BCUT2D eigenvalue weighted by Gasteiger charge is -2.18. The fourth-order valence-corrected chi connectivity index (χ4v) is 2.83. The zero-order valence-corrected chi connectivity index (χ0v) is 16.7. The first-order valence-corrected chi connectivity index (χ1v) is 9.45. The average molecular weight is 411 g/mol. The predicted molar refractivity (Wildman–Crippen MR) is 110 cm³/mol. The molecule has 0 aliphatic rings. The summed E-state index contributed by atoms with van der Waals surface area (Å²) in [7, 11) is 0. The summed E-state index contributed by atoms with van der Waals surface area (Å²) in [5.74, 6) is -1.62. The maximum absolute atomic E-state index is 12.4. The number of carbonyl (C=O) groups is 4. The number of hydrogen-bond acceptors (Lipinski definition) is 5. The van der Waals surface area contributed by atoms with Crippen molar-refractivity contribution >= 4 is 23.7 Å². The molecule has 0 saturated heterocycles. The molecule has 0 unspecified atom stereocenters. The number of nitrogens with one attached hydrogen (secondary N) is 2. The second-order valence-corrected chi connectivity index (χ2v) is 6.78. The number of primary amides is 1. The van der Waals surface area contributed by atoms with Crippen LogP contribution in [0.2, 0.25) is 0 Å². The molecule has 0 spiro atoms. The average Bonchev–Trinajstić information content (AvgIpc) is 2.72. The van der Waals surface area contributed by atoms with Gasteiger partial charge in [0.25, 0.3) is 5.91 Å². The molecular formula is C22H25N3O5. The van der Waals surface area contributed by atoms with Crippen molar-refractivity contribution < 1.29 is 23.9 Å². The number of benzene rings is 2. The van der Waals surface area contributed by atoms with Gasteiger partial charge in [0.1, 0.15) is 6.04 Å². The maximum atomic E-state index is 12.4. The topological polar surface area (TPSA) is 128 Å². The van der Waals surface area contributed by atoms with E-state index in [0.717, 1.165) is 11.1 Å². The molecule has 0 fully saturated rings. The Morgan fingerprint density at radius 2 is 1.33 bits per heavy atom. The molecule has 30 heavy (non-hydrogen) atoms. The normalized spacial score (nSPS) is 12.3. The predicted octanol–water partition coefficient (Wildman–Crippen LogP) is 1.13. The van der Waals surface area contributed by atoms with Crippen LogP contribution >= 0.6 is 0 Å². The summed E-state index contributed by atoms with van der Waals surface area (Å²) >= 11 is 0. The summed E-state index contributed by atoms with van der Waals surface area (Å²) in [6, 6.07) is 15.6. The van der Waals surface area contributed by atoms with Crippen molar-refractivity contribution in [2.45, 2.75) is 31.8 Å². The molecule has 2 rings (SSSR count). The third-order valence-corrected chi connectivity index (χ3v) is 4.34. The Balaban J connectivity index is 1.91. The maximum Gasteiger partial charge on any atom is 0.329 e. The Morgan fingerprint density at radius 1 is 0.833 bits per heavy atom. The number of esters is 1. The fraction of sp³-hybridized carbons (Fsp3) is 0.273. The van der Waals surface area contributed by atoms with Gasteiger partial charge in [0.05, 0.1) is 6.04 Å². The van der Waals surface area contributed by atoms with E-state index in [-0.39, 0.29) is 12.2 Å². The van der Waals surface area contributed by atoms with Gasteiger partial charge in [-0.2, -0.15) is 0 Å². The molecule has 0 saturated carbocycles. The van der Waals surface area contributed by atoms with Gasteiger partial charge < -0.3 is 21.1 Å². The molecule has 3 amide bonds. The first-order valence-electron chi connectivity index (χ1n) is 9.45.